The zero-order valence-electron chi connectivity index (χ0n) is 10.6. The topological polar surface area (TPSA) is 27.7 Å². The lowest BCUT2D eigenvalue weighted by Crippen LogP contribution is -2.49. The summed E-state index contributed by atoms with van der Waals surface area (Å²) in [5.74, 6) is 0.814. The first-order valence-corrected chi connectivity index (χ1v) is 5.90. The highest BCUT2D eigenvalue weighted by Crippen LogP contribution is 2.43. The highest BCUT2D eigenvalue weighted by atomic mass is 35.5. The summed E-state index contributed by atoms with van der Waals surface area (Å²) in [6, 6.07) is 1.95. The Morgan fingerprint density at radius 2 is 1.94 bits per heavy atom. The van der Waals surface area contributed by atoms with Crippen molar-refractivity contribution >= 4 is 11.6 Å². The lowest BCUT2D eigenvalue weighted by Gasteiger charge is -2.42. The van der Waals surface area contributed by atoms with Crippen LogP contribution in [0, 0.1) is 13.8 Å². The molecule has 0 radical (unpaired) electrons. The molecule has 0 spiro atoms. The van der Waals surface area contributed by atoms with Gasteiger partial charge in [-0.3, -0.25) is 0 Å². The average molecular weight is 257 g/mol. The highest BCUT2D eigenvalue weighted by molar-refractivity contribution is 6.32. The largest absolute Gasteiger partial charge is 0.496 e. The monoisotopic (exact) mass is 256 g/mol. The Kier molecular flexibility index (Phi) is 3.34. The fraction of sp³-hybridized carbons (Fsp3) is 0.538. The van der Waals surface area contributed by atoms with Crippen LogP contribution >= 0.6 is 11.6 Å². The number of methoxy groups -OCH3 is 2. The first-order valence-electron chi connectivity index (χ1n) is 5.53. The number of benzene rings is 1. The Bertz CT molecular complexity index is 433. The van der Waals surface area contributed by atoms with Crippen molar-refractivity contribution in [3.8, 4) is 5.75 Å². The molecule has 0 amide bonds. The number of hydrogen-bond acceptors (Lipinski definition) is 3. The van der Waals surface area contributed by atoms with Gasteiger partial charge in [-0.25, -0.2) is 0 Å². The summed E-state index contributed by atoms with van der Waals surface area (Å²) < 4.78 is 16.4. The molecule has 1 saturated heterocycles. The van der Waals surface area contributed by atoms with Crippen LogP contribution in [0.1, 0.15) is 16.7 Å². The van der Waals surface area contributed by atoms with E-state index >= 15 is 0 Å². The quantitative estimate of drug-likeness (QED) is 0.832. The van der Waals surface area contributed by atoms with Crippen molar-refractivity contribution in [1.29, 1.82) is 0 Å². The second-order valence-electron chi connectivity index (χ2n) is 4.40. The lowest BCUT2D eigenvalue weighted by atomic mass is 9.86. The molecule has 2 rings (SSSR count). The van der Waals surface area contributed by atoms with Gasteiger partial charge in [0.25, 0.3) is 0 Å². The number of aryl methyl sites for hydroxylation is 1. The fourth-order valence-corrected chi connectivity index (χ4v) is 2.45. The molecule has 0 atom stereocenters. The molecule has 1 aliphatic heterocycles. The first-order chi connectivity index (χ1) is 8.05. The summed E-state index contributed by atoms with van der Waals surface area (Å²) in [5, 5.41) is 0.768. The summed E-state index contributed by atoms with van der Waals surface area (Å²) in [4.78, 5) is 0. The van der Waals surface area contributed by atoms with Crippen LogP contribution in [0.2, 0.25) is 5.02 Å². The van der Waals surface area contributed by atoms with Crippen LogP contribution < -0.4 is 4.74 Å². The molecule has 1 aromatic rings. The molecule has 94 valence electrons. The van der Waals surface area contributed by atoms with Crippen LogP contribution in [0.4, 0.5) is 0 Å². The second-order valence-corrected chi connectivity index (χ2v) is 4.78. The molecule has 0 saturated carbocycles. The van der Waals surface area contributed by atoms with Crippen molar-refractivity contribution in [2.45, 2.75) is 19.4 Å². The van der Waals surface area contributed by atoms with Gasteiger partial charge >= 0.3 is 0 Å². The van der Waals surface area contributed by atoms with Gasteiger partial charge in [-0.2, -0.15) is 0 Å². The zero-order chi connectivity index (χ0) is 12.6. The molecule has 0 N–H and O–H groups in total. The van der Waals surface area contributed by atoms with E-state index in [0.29, 0.717) is 13.2 Å². The number of ether oxygens (including phenoxy) is 3. The van der Waals surface area contributed by atoms with E-state index < -0.39 is 5.60 Å². The minimum atomic E-state index is -0.410. The standard InChI is InChI=1S/C13H17ClO3/c1-8-5-10(15-3)11(9(2)12(8)14)13(16-4)6-17-7-13/h5H,6-7H2,1-4H3. The van der Waals surface area contributed by atoms with Gasteiger partial charge in [0.15, 0.2) is 0 Å². The molecular formula is C13H17ClO3. The van der Waals surface area contributed by atoms with E-state index in [-0.39, 0.29) is 0 Å². The zero-order valence-corrected chi connectivity index (χ0v) is 11.4. The van der Waals surface area contributed by atoms with Gasteiger partial charge in [0, 0.05) is 17.7 Å². The predicted molar refractivity (Wildman–Crippen MR) is 67.0 cm³/mol. The van der Waals surface area contributed by atoms with Gasteiger partial charge in [-0.15, -0.1) is 0 Å². The van der Waals surface area contributed by atoms with E-state index in [4.69, 9.17) is 25.8 Å². The summed E-state index contributed by atoms with van der Waals surface area (Å²) in [6.45, 7) is 5.05. The second kappa shape index (κ2) is 4.48. The van der Waals surface area contributed by atoms with Crippen LogP contribution in [0.25, 0.3) is 0 Å². The maximum absolute atomic E-state index is 6.30. The first kappa shape index (κ1) is 12.7. The van der Waals surface area contributed by atoms with Crippen LogP contribution in [0.5, 0.6) is 5.75 Å². The van der Waals surface area contributed by atoms with Crippen molar-refractivity contribution in [2.75, 3.05) is 27.4 Å². The van der Waals surface area contributed by atoms with Crippen LogP contribution in [0.15, 0.2) is 6.07 Å². The van der Waals surface area contributed by atoms with Gasteiger partial charge in [0.1, 0.15) is 11.4 Å². The maximum Gasteiger partial charge on any atom is 0.143 e. The minimum absolute atomic E-state index is 0.410. The van der Waals surface area contributed by atoms with Crippen molar-refractivity contribution in [3.63, 3.8) is 0 Å². The van der Waals surface area contributed by atoms with Crippen molar-refractivity contribution in [1.82, 2.24) is 0 Å². The molecule has 1 aromatic carbocycles. The summed E-state index contributed by atoms with van der Waals surface area (Å²) in [6.07, 6.45) is 0. The third kappa shape index (κ3) is 1.82. The lowest BCUT2D eigenvalue weighted by molar-refractivity contribution is -0.203. The Hall–Kier alpha value is -0.770. The minimum Gasteiger partial charge on any atom is -0.496 e. The van der Waals surface area contributed by atoms with Gasteiger partial charge in [-0.05, 0) is 31.0 Å². The smallest absolute Gasteiger partial charge is 0.143 e. The SMILES string of the molecule is COc1cc(C)c(Cl)c(C)c1C1(OC)COC1. The normalized spacial score (nSPS) is 17.7. The Labute approximate surface area is 107 Å². The molecule has 0 bridgehead atoms. The van der Waals surface area contributed by atoms with E-state index in [9.17, 15) is 0 Å². The summed E-state index contributed by atoms with van der Waals surface area (Å²) in [5.41, 5.74) is 2.61. The van der Waals surface area contributed by atoms with Crippen LogP contribution in [-0.2, 0) is 15.1 Å². The fourth-order valence-electron chi connectivity index (χ4n) is 2.30. The molecule has 4 heteroatoms. The summed E-state index contributed by atoms with van der Waals surface area (Å²) in [7, 11) is 3.35. The molecule has 1 heterocycles. The van der Waals surface area contributed by atoms with E-state index in [2.05, 4.69) is 0 Å². The molecule has 0 unspecified atom stereocenters. The van der Waals surface area contributed by atoms with Crippen LogP contribution in [0.3, 0.4) is 0 Å². The van der Waals surface area contributed by atoms with Crippen molar-refractivity contribution in [2.24, 2.45) is 0 Å². The maximum atomic E-state index is 6.30. The van der Waals surface area contributed by atoms with Crippen molar-refractivity contribution < 1.29 is 14.2 Å². The highest BCUT2D eigenvalue weighted by Gasteiger charge is 2.44. The molecule has 0 aliphatic carbocycles. The molecule has 1 fully saturated rings. The van der Waals surface area contributed by atoms with E-state index in [0.717, 1.165) is 27.5 Å². The number of hydrogen-bond donors (Lipinski definition) is 0. The number of rotatable bonds is 3. The molecule has 17 heavy (non-hydrogen) atoms. The third-order valence-electron chi connectivity index (χ3n) is 3.38. The number of halogens is 1. The van der Waals surface area contributed by atoms with Crippen molar-refractivity contribution in [3.05, 3.63) is 27.8 Å². The molecule has 1 aliphatic rings. The van der Waals surface area contributed by atoms with E-state index in [1.165, 1.54) is 0 Å². The van der Waals surface area contributed by atoms with Gasteiger partial charge in [-0.1, -0.05) is 11.6 Å². The predicted octanol–water partition coefficient (Wildman–Crippen LogP) is 2.84. The van der Waals surface area contributed by atoms with Crippen LogP contribution in [-0.4, -0.2) is 27.4 Å². The average Bonchev–Trinajstić information content (AvgIpc) is 2.27. The van der Waals surface area contributed by atoms with Gasteiger partial charge in [0.2, 0.25) is 0 Å². The Morgan fingerprint density at radius 3 is 2.35 bits per heavy atom. The molecule has 0 aromatic heterocycles. The van der Waals surface area contributed by atoms with E-state index in [1.807, 2.05) is 19.9 Å². The third-order valence-corrected chi connectivity index (χ3v) is 3.96. The Morgan fingerprint density at radius 1 is 1.29 bits per heavy atom. The van der Waals surface area contributed by atoms with E-state index in [1.54, 1.807) is 14.2 Å². The molecular weight excluding hydrogens is 240 g/mol. The summed E-state index contributed by atoms with van der Waals surface area (Å²) >= 11 is 6.30. The Balaban J connectivity index is 2.63. The van der Waals surface area contributed by atoms with Gasteiger partial charge in [0.05, 0.1) is 20.3 Å². The molecule has 3 nitrogen and oxygen atoms in total. The van der Waals surface area contributed by atoms with Gasteiger partial charge < -0.3 is 14.2 Å².